The van der Waals surface area contributed by atoms with Crippen molar-refractivity contribution in [3.63, 3.8) is 0 Å². The van der Waals surface area contributed by atoms with E-state index in [-0.39, 0.29) is 5.82 Å². The second-order valence-corrected chi connectivity index (χ2v) is 5.74. The molecule has 0 saturated carbocycles. The topological polar surface area (TPSA) is 38.0 Å². The normalized spacial score (nSPS) is 11.1. The summed E-state index contributed by atoms with van der Waals surface area (Å²) < 4.78 is 13.6. The molecule has 0 atom stereocenters. The van der Waals surface area contributed by atoms with Gasteiger partial charge in [0.15, 0.2) is 0 Å². The summed E-state index contributed by atoms with van der Waals surface area (Å²) in [6.07, 6.45) is 6.92. The van der Waals surface area contributed by atoms with Gasteiger partial charge >= 0.3 is 0 Å². The summed E-state index contributed by atoms with van der Waals surface area (Å²) in [7, 11) is 0. The zero-order chi connectivity index (χ0) is 18.2. The highest BCUT2D eigenvalue weighted by molar-refractivity contribution is 5.81. The summed E-state index contributed by atoms with van der Waals surface area (Å²) in [5.74, 6) is -0.255. The molecule has 2 nitrogen and oxygen atoms in total. The highest BCUT2D eigenvalue weighted by atomic mass is 19.1. The minimum absolute atomic E-state index is 0.255. The number of allylic oxidation sites excluding steroid dienone is 2. The molecule has 0 bridgehead atoms. The Hall–Kier alpha value is -3.07. The summed E-state index contributed by atoms with van der Waals surface area (Å²) >= 11 is 0. The lowest BCUT2D eigenvalue weighted by atomic mass is 9.94. The van der Waals surface area contributed by atoms with Crippen LogP contribution in [0.4, 0.5) is 4.39 Å². The lowest BCUT2D eigenvalue weighted by Crippen LogP contribution is -2.15. The van der Waals surface area contributed by atoms with Gasteiger partial charge < -0.3 is 11.1 Å². The van der Waals surface area contributed by atoms with Gasteiger partial charge in [-0.15, -0.1) is 0 Å². The van der Waals surface area contributed by atoms with E-state index in [4.69, 9.17) is 5.73 Å². The molecule has 3 N–H and O–H groups in total. The second kappa shape index (κ2) is 8.69. The number of rotatable bonds is 7. The van der Waals surface area contributed by atoms with Crippen LogP contribution in [0.2, 0.25) is 0 Å². The predicted molar refractivity (Wildman–Crippen MR) is 105 cm³/mol. The van der Waals surface area contributed by atoms with Gasteiger partial charge in [0.05, 0.1) is 0 Å². The van der Waals surface area contributed by atoms with Crippen molar-refractivity contribution in [2.45, 2.75) is 6.92 Å². The first kappa shape index (κ1) is 18.3. The maximum absolute atomic E-state index is 13.6. The van der Waals surface area contributed by atoms with E-state index in [0.29, 0.717) is 6.54 Å². The Kier molecular flexibility index (Phi) is 6.35. The molecule has 0 aliphatic rings. The van der Waals surface area contributed by atoms with Gasteiger partial charge in [0.2, 0.25) is 0 Å². The van der Waals surface area contributed by atoms with E-state index in [2.05, 4.69) is 18.5 Å². The van der Waals surface area contributed by atoms with E-state index in [1.54, 1.807) is 12.1 Å². The summed E-state index contributed by atoms with van der Waals surface area (Å²) in [6.45, 7) is 10.7. The van der Waals surface area contributed by atoms with E-state index in [1.807, 2.05) is 43.3 Å². The Morgan fingerprint density at radius 3 is 2.64 bits per heavy atom. The van der Waals surface area contributed by atoms with Crippen LogP contribution in [0.1, 0.15) is 11.1 Å². The summed E-state index contributed by atoms with van der Waals surface area (Å²) in [5.41, 5.74) is 10.8. The van der Waals surface area contributed by atoms with E-state index in [0.717, 1.165) is 33.5 Å². The molecule has 0 radical (unpaired) electrons. The van der Waals surface area contributed by atoms with Crippen molar-refractivity contribution in [1.29, 1.82) is 0 Å². The molecule has 0 saturated heterocycles. The molecule has 0 fully saturated rings. The number of nitrogens with two attached hydrogens (primary N) is 1. The van der Waals surface area contributed by atoms with Gasteiger partial charge in [-0.1, -0.05) is 55.6 Å². The molecule has 0 aliphatic heterocycles. The molecule has 2 rings (SSSR count). The van der Waals surface area contributed by atoms with Crippen molar-refractivity contribution in [3.8, 4) is 11.1 Å². The molecule has 2 aromatic carbocycles. The maximum Gasteiger partial charge on any atom is 0.123 e. The molecule has 0 aromatic heterocycles. The first-order valence-corrected chi connectivity index (χ1v) is 8.04. The number of aryl methyl sites for hydroxylation is 1. The molecule has 3 heteroatoms. The van der Waals surface area contributed by atoms with Crippen molar-refractivity contribution in [1.82, 2.24) is 5.32 Å². The number of hydrogen-bond donors (Lipinski definition) is 2. The van der Waals surface area contributed by atoms with Crippen LogP contribution in [0.5, 0.6) is 0 Å². The van der Waals surface area contributed by atoms with Crippen LogP contribution < -0.4 is 11.1 Å². The van der Waals surface area contributed by atoms with Gasteiger partial charge in [0.25, 0.3) is 0 Å². The lowest BCUT2D eigenvalue weighted by molar-refractivity contribution is 0.628. The van der Waals surface area contributed by atoms with E-state index >= 15 is 0 Å². The van der Waals surface area contributed by atoms with Gasteiger partial charge in [-0.25, -0.2) is 4.39 Å². The maximum atomic E-state index is 13.6. The predicted octanol–water partition coefficient (Wildman–Crippen LogP) is 4.95. The van der Waals surface area contributed by atoms with Crippen LogP contribution in [0.3, 0.4) is 0 Å². The zero-order valence-electron chi connectivity index (χ0n) is 14.4. The summed E-state index contributed by atoms with van der Waals surface area (Å²) in [5, 5.41) is 3.30. The van der Waals surface area contributed by atoms with Crippen LogP contribution in [-0.4, -0.2) is 6.54 Å². The Bertz CT molecular complexity index is 832. The first-order chi connectivity index (χ1) is 12.0. The van der Waals surface area contributed by atoms with Gasteiger partial charge in [-0.3, -0.25) is 0 Å². The van der Waals surface area contributed by atoms with Crippen molar-refractivity contribution in [2.24, 2.45) is 5.73 Å². The molecule has 128 valence electrons. The number of hydrogen-bond acceptors (Lipinski definition) is 2. The summed E-state index contributed by atoms with van der Waals surface area (Å²) in [4.78, 5) is 0. The molecule has 0 unspecified atom stereocenters. The van der Waals surface area contributed by atoms with Gasteiger partial charge in [-0.2, -0.15) is 0 Å². The smallest absolute Gasteiger partial charge is 0.123 e. The molecule has 2 aromatic rings. The zero-order valence-corrected chi connectivity index (χ0v) is 14.4. The number of halogens is 1. The summed E-state index contributed by atoms with van der Waals surface area (Å²) in [6, 6.07) is 12.5. The highest BCUT2D eigenvalue weighted by Crippen LogP contribution is 2.30. The third-order valence-electron chi connectivity index (χ3n) is 3.79. The Balaban J connectivity index is 2.24. The average Bonchev–Trinajstić information content (AvgIpc) is 2.59. The molecule has 0 spiro atoms. The molecular weight excluding hydrogens is 311 g/mol. The minimum Gasteiger partial charge on any atom is -0.405 e. The highest BCUT2D eigenvalue weighted by Gasteiger charge is 2.11. The largest absolute Gasteiger partial charge is 0.405 e. The number of benzene rings is 2. The van der Waals surface area contributed by atoms with Gasteiger partial charge in [-0.05, 0) is 53.6 Å². The van der Waals surface area contributed by atoms with Gasteiger partial charge in [0.1, 0.15) is 5.82 Å². The van der Waals surface area contributed by atoms with Crippen molar-refractivity contribution >= 4 is 5.70 Å². The molecule has 0 amide bonds. The van der Waals surface area contributed by atoms with E-state index in [1.165, 1.54) is 18.3 Å². The van der Waals surface area contributed by atoms with Crippen LogP contribution >= 0.6 is 0 Å². The molecule has 0 aliphatic carbocycles. The SMILES string of the molecule is C=C(/C=C\C=C/N)CNC(=C)c1c(C)cccc1-c1cccc(F)c1. The fourth-order valence-electron chi connectivity index (χ4n) is 2.59. The second-order valence-electron chi connectivity index (χ2n) is 5.74. The lowest BCUT2D eigenvalue weighted by Gasteiger charge is -2.17. The van der Waals surface area contributed by atoms with Crippen molar-refractivity contribution < 1.29 is 4.39 Å². The Morgan fingerprint density at radius 2 is 1.92 bits per heavy atom. The molecular formula is C22H23FN2. The standard InChI is InChI=1S/C22H23FN2/c1-16(8-4-5-13-24)15-25-18(3)22-17(2)9-6-12-21(22)19-10-7-11-20(23)14-19/h4-14,25H,1,3,15,24H2,2H3/b8-4-,13-5-. The van der Waals surface area contributed by atoms with Crippen molar-refractivity contribution in [3.05, 3.63) is 103 Å². The van der Waals surface area contributed by atoms with Crippen LogP contribution in [0.15, 0.2) is 85.6 Å². The van der Waals surface area contributed by atoms with Crippen molar-refractivity contribution in [2.75, 3.05) is 6.54 Å². The monoisotopic (exact) mass is 334 g/mol. The third kappa shape index (κ3) is 4.95. The molecule has 25 heavy (non-hydrogen) atoms. The third-order valence-corrected chi connectivity index (χ3v) is 3.79. The minimum atomic E-state index is -0.255. The van der Waals surface area contributed by atoms with Gasteiger partial charge in [0, 0.05) is 17.8 Å². The quantitative estimate of drug-likeness (QED) is 0.703. The van der Waals surface area contributed by atoms with E-state index in [9.17, 15) is 4.39 Å². The van der Waals surface area contributed by atoms with Crippen LogP contribution in [0, 0.1) is 12.7 Å². The fraction of sp³-hybridized carbons (Fsp3) is 0.0909. The Morgan fingerprint density at radius 1 is 1.16 bits per heavy atom. The van der Waals surface area contributed by atoms with Crippen LogP contribution in [0.25, 0.3) is 16.8 Å². The Labute approximate surface area is 148 Å². The van der Waals surface area contributed by atoms with Crippen LogP contribution in [-0.2, 0) is 0 Å². The molecule has 0 heterocycles. The fourth-order valence-corrected chi connectivity index (χ4v) is 2.59. The number of nitrogens with one attached hydrogen (secondary N) is 1. The first-order valence-electron chi connectivity index (χ1n) is 8.04. The van der Waals surface area contributed by atoms with E-state index < -0.39 is 0 Å². The average molecular weight is 334 g/mol.